The van der Waals surface area contributed by atoms with Crippen molar-refractivity contribution < 1.29 is 0 Å². The van der Waals surface area contributed by atoms with Crippen LogP contribution >= 0.6 is 11.8 Å². The summed E-state index contributed by atoms with van der Waals surface area (Å²) >= 11 is 1.56. The SMILES string of the molecule is CC1=N[N+]=CS1. The Morgan fingerprint density at radius 3 is 3.00 bits per heavy atom. The number of hydrogen-bond acceptors (Lipinski definition) is 3. The van der Waals surface area contributed by atoms with Crippen LogP contribution in [0.15, 0.2) is 5.10 Å². The van der Waals surface area contributed by atoms with E-state index in [0.717, 1.165) is 5.04 Å². The second-order valence-corrected chi connectivity index (χ2v) is 2.00. The second kappa shape index (κ2) is 1.43. The first-order valence-corrected chi connectivity index (χ1v) is 2.50. The van der Waals surface area contributed by atoms with Crippen LogP contribution in [0.4, 0.5) is 0 Å². The average Bonchev–Trinajstić information content (AvgIpc) is 1.86. The molecule has 0 aromatic rings. The minimum absolute atomic E-state index is 1.02. The molecule has 0 atom stereocenters. The topological polar surface area (TPSA) is 26.5 Å². The van der Waals surface area contributed by atoms with Gasteiger partial charge in [0.15, 0.2) is 5.04 Å². The van der Waals surface area contributed by atoms with Crippen LogP contribution in [0.25, 0.3) is 0 Å². The predicted octanol–water partition coefficient (Wildman–Crippen LogP) is 0.431. The molecule has 0 aliphatic carbocycles. The molecule has 1 rings (SSSR count). The van der Waals surface area contributed by atoms with Crippen molar-refractivity contribution in [1.82, 2.24) is 5.10 Å². The van der Waals surface area contributed by atoms with E-state index in [1.54, 1.807) is 17.3 Å². The van der Waals surface area contributed by atoms with Crippen molar-refractivity contribution in [2.45, 2.75) is 6.92 Å². The Morgan fingerprint density at radius 1 is 2.00 bits per heavy atom. The van der Waals surface area contributed by atoms with E-state index >= 15 is 0 Å². The van der Waals surface area contributed by atoms with E-state index in [9.17, 15) is 0 Å². The zero-order valence-electron chi connectivity index (χ0n) is 3.38. The van der Waals surface area contributed by atoms with E-state index < -0.39 is 0 Å². The molecule has 1 aliphatic rings. The number of thioether (sulfide) groups is 1. The summed E-state index contributed by atoms with van der Waals surface area (Å²) in [6.07, 6.45) is 0. The van der Waals surface area contributed by atoms with Gasteiger partial charge >= 0.3 is 5.55 Å². The van der Waals surface area contributed by atoms with E-state index in [2.05, 4.69) is 10.2 Å². The maximum Gasteiger partial charge on any atom is 0.317 e. The van der Waals surface area contributed by atoms with Crippen LogP contribution in [0, 0.1) is 0 Å². The quantitative estimate of drug-likeness (QED) is 0.433. The minimum Gasteiger partial charge on any atom is -0.00904 e. The average molecular weight is 100 g/mol. The van der Waals surface area contributed by atoms with E-state index in [-0.39, 0.29) is 0 Å². The lowest BCUT2D eigenvalue weighted by atomic mass is 10.9. The molecule has 0 aromatic heterocycles. The minimum atomic E-state index is 1.02. The third-order valence-electron chi connectivity index (χ3n) is 0.469. The highest BCUT2D eigenvalue weighted by Gasteiger charge is 2.04. The maximum absolute atomic E-state index is 3.69. The smallest absolute Gasteiger partial charge is 0.00904 e. The Hall–Kier alpha value is -0.310. The Balaban J connectivity index is 2.61. The maximum atomic E-state index is 3.69. The van der Waals surface area contributed by atoms with E-state index in [0.29, 0.717) is 0 Å². The Kier molecular flexibility index (Phi) is 0.919. The van der Waals surface area contributed by atoms with Gasteiger partial charge < -0.3 is 0 Å². The van der Waals surface area contributed by atoms with Crippen molar-refractivity contribution in [2.75, 3.05) is 0 Å². The molecule has 6 heavy (non-hydrogen) atoms. The van der Waals surface area contributed by atoms with Crippen LogP contribution in [0.5, 0.6) is 0 Å². The van der Waals surface area contributed by atoms with E-state index in [4.69, 9.17) is 0 Å². The number of rotatable bonds is 0. The second-order valence-electron chi connectivity index (χ2n) is 0.958. The summed E-state index contributed by atoms with van der Waals surface area (Å²) in [6.45, 7) is 1.93. The zero-order valence-corrected chi connectivity index (χ0v) is 4.20. The summed E-state index contributed by atoms with van der Waals surface area (Å²) in [7, 11) is 0. The van der Waals surface area contributed by atoms with Gasteiger partial charge in [0.05, 0.1) is 5.10 Å². The van der Waals surface area contributed by atoms with Gasteiger partial charge in [-0.25, -0.2) is 0 Å². The van der Waals surface area contributed by atoms with Crippen LogP contribution in [0.1, 0.15) is 6.92 Å². The summed E-state index contributed by atoms with van der Waals surface area (Å²) < 4.78 is 0. The molecule has 0 saturated heterocycles. The lowest BCUT2D eigenvalue weighted by molar-refractivity contribution is 1.13. The molecule has 2 nitrogen and oxygen atoms in total. The van der Waals surface area contributed by atoms with Gasteiger partial charge in [0.25, 0.3) is 0 Å². The Bertz CT molecular complexity index is 105. The van der Waals surface area contributed by atoms with Gasteiger partial charge in [0, 0.05) is 11.8 Å². The predicted molar refractivity (Wildman–Crippen MR) is 28.9 cm³/mol. The fraction of sp³-hybridized carbons (Fsp3) is 0.333. The van der Waals surface area contributed by atoms with Crippen LogP contribution in [-0.4, -0.2) is 10.6 Å². The third-order valence-corrected chi connectivity index (χ3v) is 1.09. The molecule has 1 heterocycles. The summed E-state index contributed by atoms with van der Waals surface area (Å²) in [6, 6.07) is 0. The molecule has 0 saturated carbocycles. The lowest BCUT2D eigenvalue weighted by Gasteiger charge is -1.64. The Morgan fingerprint density at radius 2 is 2.83 bits per heavy atom. The van der Waals surface area contributed by atoms with Crippen LogP contribution < -0.4 is 5.10 Å². The molecule has 1 aliphatic heterocycles. The summed E-state index contributed by atoms with van der Waals surface area (Å²) in [4.78, 5) is 0. The highest BCUT2D eigenvalue weighted by Crippen LogP contribution is 1.99. The van der Waals surface area contributed by atoms with Gasteiger partial charge in [0.1, 0.15) is 0 Å². The molecular formula is C3H4N2S+. The van der Waals surface area contributed by atoms with Gasteiger partial charge in [-0.05, 0) is 6.92 Å². The molecule has 0 amide bonds. The molecule has 0 spiro atoms. The van der Waals surface area contributed by atoms with Crippen molar-refractivity contribution in [3.63, 3.8) is 0 Å². The van der Waals surface area contributed by atoms with Gasteiger partial charge in [0.2, 0.25) is 5.10 Å². The Labute approximate surface area is 40.3 Å². The van der Waals surface area contributed by atoms with Crippen molar-refractivity contribution in [3.05, 3.63) is 0 Å². The monoisotopic (exact) mass is 100 g/mol. The van der Waals surface area contributed by atoms with Crippen LogP contribution in [0.2, 0.25) is 0 Å². The largest absolute Gasteiger partial charge is 0.317 e. The van der Waals surface area contributed by atoms with Gasteiger partial charge in [-0.15, -0.1) is 0 Å². The molecular weight excluding hydrogens is 96.1 g/mol. The molecule has 0 N–H and O–H groups in total. The molecule has 0 fully saturated rings. The standard InChI is InChI=1S/C3H4N2S/c1-3-5-4-2-6-3/h2H,1H3/q+1. The molecule has 1 radical (unpaired) electrons. The fourth-order valence-corrected chi connectivity index (χ4v) is 0.569. The molecule has 3 heteroatoms. The number of nitrogens with zero attached hydrogens (tertiary/aromatic N) is 2. The van der Waals surface area contributed by atoms with Crippen molar-refractivity contribution in [3.8, 4) is 0 Å². The third kappa shape index (κ3) is 0.597. The zero-order chi connectivity index (χ0) is 4.41. The highest BCUT2D eigenvalue weighted by atomic mass is 32.2. The molecule has 0 unspecified atom stereocenters. The molecule has 31 valence electrons. The summed E-state index contributed by atoms with van der Waals surface area (Å²) in [5.41, 5.74) is 1.72. The molecule has 0 aromatic carbocycles. The first-order valence-electron chi connectivity index (χ1n) is 1.62. The van der Waals surface area contributed by atoms with Crippen molar-refractivity contribution >= 4 is 22.4 Å². The fourth-order valence-electron chi connectivity index (χ4n) is 0.228. The first-order chi connectivity index (χ1) is 2.89. The van der Waals surface area contributed by atoms with Crippen LogP contribution in [0.3, 0.4) is 0 Å². The normalized spacial score (nSPS) is 18.5. The van der Waals surface area contributed by atoms with Gasteiger partial charge in [-0.3, -0.25) is 0 Å². The van der Waals surface area contributed by atoms with Crippen molar-refractivity contribution in [2.24, 2.45) is 5.10 Å². The van der Waals surface area contributed by atoms with E-state index in [1.807, 2.05) is 6.92 Å². The van der Waals surface area contributed by atoms with Crippen molar-refractivity contribution in [1.29, 1.82) is 0 Å². The van der Waals surface area contributed by atoms with E-state index in [1.165, 1.54) is 0 Å². The van der Waals surface area contributed by atoms with Crippen LogP contribution in [-0.2, 0) is 0 Å². The van der Waals surface area contributed by atoms with Gasteiger partial charge in [-0.2, -0.15) is 0 Å². The molecule has 0 bridgehead atoms. The lowest BCUT2D eigenvalue weighted by Crippen LogP contribution is -1.71. The summed E-state index contributed by atoms with van der Waals surface area (Å²) in [5.74, 6) is 0. The van der Waals surface area contributed by atoms with Gasteiger partial charge in [-0.1, -0.05) is 0 Å². The summed E-state index contributed by atoms with van der Waals surface area (Å²) in [5, 5.41) is 8.30. The number of hydrogen-bond donors (Lipinski definition) is 0. The highest BCUT2D eigenvalue weighted by molar-refractivity contribution is 8.25. The first kappa shape index (κ1) is 3.87.